The van der Waals surface area contributed by atoms with E-state index in [1.165, 1.54) is 7.11 Å². The first-order valence-corrected chi connectivity index (χ1v) is 4.64. The normalized spacial score (nSPS) is 12.5. The van der Waals surface area contributed by atoms with Crippen molar-refractivity contribution < 1.29 is 24.1 Å². The van der Waals surface area contributed by atoms with Gasteiger partial charge in [0.05, 0.1) is 33.5 Å². The molecule has 1 N–H and O–H groups in total. The van der Waals surface area contributed by atoms with Crippen molar-refractivity contribution >= 4 is 5.97 Å². The van der Waals surface area contributed by atoms with Crippen molar-refractivity contribution in [1.29, 1.82) is 0 Å². The third-order valence-corrected chi connectivity index (χ3v) is 1.62. The lowest BCUT2D eigenvalue weighted by Gasteiger charge is -2.13. The van der Waals surface area contributed by atoms with Crippen LogP contribution < -0.4 is 0 Å². The van der Waals surface area contributed by atoms with E-state index in [9.17, 15) is 4.79 Å². The molecular weight excluding hydrogens is 188 g/mol. The maximum atomic E-state index is 11.0. The number of aliphatic hydroxyl groups excluding tert-OH is 1. The van der Waals surface area contributed by atoms with Crippen LogP contribution in [-0.4, -0.2) is 50.7 Å². The van der Waals surface area contributed by atoms with E-state index in [1.54, 1.807) is 0 Å². The summed E-state index contributed by atoms with van der Waals surface area (Å²) in [5, 5.41) is 8.41. The van der Waals surface area contributed by atoms with Crippen molar-refractivity contribution in [2.75, 3.05) is 33.5 Å². The standard InChI is InChI=1S/C9H18O5/c1-3-8(9(11)12-2)14-7-6-13-5-4-10/h8,10H,3-7H2,1-2H3. The number of hydrogen-bond acceptors (Lipinski definition) is 5. The van der Waals surface area contributed by atoms with Crippen LogP contribution in [0.25, 0.3) is 0 Å². The van der Waals surface area contributed by atoms with Crippen LogP contribution in [0.4, 0.5) is 0 Å². The van der Waals surface area contributed by atoms with Gasteiger partial charge >= 0.3 is 5.97 Å². The van der Waals surface area contributed by atoms with Crippen LogP contribution in [0, 0.1) is 0 Å². The van der Waals surface area contributed by atoms with E-state index in [-0.39, 0.29) is 12.6 Å². The minimum Gasteiger partial charge on any atom is -0.467 e. The number of methoxy groups -OCH3 is 1. The Morgan fingerprint density at radius 3 is 2.57 bits per heavy atom. The fourth-order valence-electron chi connectivity index (χ4n) is 0.900. The highest BCUT2D eigenvalue weighted by Gasteiger charge is 2.16. The van der Waals surface area contributed by atoms with Crippen LogP contribution in [0.3, 0.4) is 0 Å². The zero-order valence-electron chi connectivity index (χ0n) is 8.69. The first-order valence-electron chi connectivity index (χ1n) is 4.64. The summed E-state index contributed by atoms with van der Waals surface area (Å²) in [7, 11) is 1.33. The van der Waals surface area contributed by atoms with Crippen molar-refractivity contribution in [1.82, 2.24) is 0 Å². The lowest BCUT2D eigenvalue weighted by Crippen LogP contribution is -2.26. The molecule has 0 rings (SSSR count). The SMILES string of the molecule is CCC(OCCOCCO)C(=O)OC. The van der Waals surface area contributed by atoms with Gasteiger partial charge in [-0.25, -0.2) is 4.79 Å². The zero-order chi connectivity index (χ0) is 10.8. The second-order valence-electron chi connectivity index (χ2n) is 2.63. The summed E-state index contributed by atoms with van der Waals surface area (Å²) < 4.78 is 14.7. The molecule has 5 nitrogen and oxygen atoms in total. The van der Waals surface area contributed by atoms with Crippen molar-refractivity contribution in [2.45, 2.75) is 19.4 Å². The molecular formula is C9H18O5. The summed E-state index contributed by atoms with van der Waals surface area (Å²) in [6.45, 7) is 2.82. The average Bonchev–Trinajstić information content (AvgIpc) is 2.22. The van der Waals surface area contributed by atoms with Crippen molar-refractivity contribution in [3.63, 3.8) is 0 Å². The van der Waals surface area contributed by atoms with Crippen molar-refractivity contribution in [3.05, 3.63) is 0 Å². The Hall–Kier alpha value is -0.650. The molecule has 0 fully saturated rings. The zero-order valence-corrected chi connectivity index (χ0v) is 8.69. The Morgan fingerprint density at radius 1 is 1.36 bits per heavy atom. The monoisotopic (exact) mass is 206 g/mol. The molecule has 1 atom stereocenters. The third kappa shape index (κ3) is 5.90. The van der Waals surface area contributed by atoms with E-state index in [4.69, 9.17) is 14.6 Å². The average molecular weight is 206 g/mol. The number of carbonyl (C=O) groups excluding carboxylic acids is 1. The molecule has 0 saturated heterocycles. The van der Waals surface area contributed by atoms with E-state index in [1.807, 2.05) is 6.92 Å². The van der Waals surface area contributed by atoms with Crippen molar-refractivity contribution in [3.8, 4) is 0 Å². The molecule has 5 heteroatoms. The quantitative estimate of drug-likeness (QED) is 0.446. The Balaban J connectivity index is 3.48. The second kappa shape index (κ2) is 8.93. The third-order valence-electron chi connectivity index (χ3n) is 1.62. The lowest BCUT2D eigenvalue weighted by molar-refractivity contribution is -0.155. The maximum absolute atomic E-state index is 11.0. The van der Waals surface area contributed by atoms with E-state index in [0.29, 0.717) is 26.2 Å². The van der Waals surface area contributed by atoms with Gasteiger partial charge in [0.25, 0.3) is 0 Å². The van der Waals surface area contributed by atoms with Crippen LogP contribution in [0.1, 0.15) is 13.3 Å². The summed E-state index contributed by atoms with van der Waals surface area (Å²) in [6, 6.07) is 0. The van der Waals surface area contributed by atoms with E-state index in [0.717, 1.165) is 0 Å². The molecule has 0 aliphatic carbocycles. The molecule has 0 bridgehead atoms. The predicted molar refractivity (Wildman–Crippen MR) is 50.0 cm³/mol. The van der Waals surface area contributed by atoms with Gasteiger partial charge in [-0.05, 0) is 6.42 Å². The number of carbonyl (C=O) groups is 1. The highest BCUT2D eigenvalue weighted by atomic mass is 16.6. The summed E-state index contributed by atoms with van der Waals surface area (Å²) in [5.74, 6) is -0.366. The second-order valence-corrected chi connectivity index (χ2v) is 2.63. The Morgan fingerprint density at radius 2 is 2.07 bits per heavy atom. The van der Waals surface area contributed by atoms with Gasteiger partial charge in [-0.1, -0.05) is 6.92 Å². The Kier molecular flexibility index (Phi) is 8.51. The van der Waals surface area contributed by atoms with Gasteiger partial charge in [0.15, 0.2) is 6.10 Å². The van der Waals surface area contributed by atoms with Gasteiger partial charge in [0.1, 0.15) is 0 Å². The summed E-state index contributed by atoms with van der Waals surface area (Å²) in [6.07, 6.45) is 0.0601. The van der Waals surface area contributed by atoms with Gasteiger partial charge in [0, 0.05) is 0 Å². The number of rotatable bonds is 8. The largest absolute Gasteiger partial charge is 0.467 e. The van der Waals surface area contributed by atoms with Crippen LogP contribution in [-0.2, 0) is 19.0 Å². The maximum Gasteiger partial charge on any atom is 0.334 e. The topological polar surface area (TPSA) is 65.0 Å². The Labute approximate surface area is 84.0 Å². The molecule has 0 spiro atoms. The molecule has 0 saturated carbocycles. The highest BCUT2D eigenvalue weighted by Crippen LogP contribution is 1.99. The van der Waals surface area contributed by atoms with E-state index < -0.39 is 6.10 Å². The molecule has 0 aliphatic heterocycles. The van der Waals surface area contributed by atoms with Gasteiger partial charge in [-0.2, -0.15) is 0 Å². The van der Waals surface area contributed by atoms with Gasteiger partial charge < -0.3 is 19.3 Å². The van der Waals surface area contributed by atoms with Crippen LogP contribution in [0.5, 0.6) is 0 Å². The molecule has 0 aromatic heterocycles. The van der Waals surface area contributed by atoms with E-state index in [2.05, 4.69) is 4.74 Å². The first-order chi connectivity index (χ1) is 6.76. The first kappa shape index (κ1) is 13.4. The molecule has 1 unspecified atom stereocenters. The Bertz CT molecular complexity index is 148. The van der Waals surface area contributed by atoms with Crippen LogP contribution in [0.15, 0.2) is 0 Å². The van der Waals surface area contributed by atoms with Gasteiger partial charge in [-0.3, -0.25) is 0 Å². The number of esters is 1. The lowest BCUT2D eigenvalue weighted by atomic mass is 10.3. The summed E-state index contributed by atoms with van der Waals surface area (Å²) in [4.78, 5) is 11.0. The van der Waals surface area contributed by atoms with Gasteiger partial charge in [-0.15, -0.1) is 0 Å². The van der Waals surface area contributed by atoms with Crippen molar-refractivity contribution in [2.24, 2.45) is 0 Å². The highest BCUT2D eigenvalue weighted by molar-refractivity contribution is 5.74. The molecule has 0 amide bonds. The molecule has 0 aromatic carbocycles. The molecule has 14 heavy (non-hydrogen) atoms. The summed E-state index contributed by atoms with van der Waals surface area (Å²) in [5.41, 5.74) is 0. The van der Waals surface area contributed by atoms with E-state index >= 15 is 0 Å². The molecule has 0 heterocycles. The fraction of sp³-hybridized carbons (Fsp3) is 0.889. The minimum atomic E-state index is -0.516. The van der Waals surface area contributed by atoms with Crippen LogP contribution >= 0.6 is 0 Å². The number of hydrogen-bond donors (Lipinski definition) is 1. The smallest absolute Gasteiger partial charge is 0.334 e. The molecule has 0 radical (unpaired) electrons. The van der Waals surface area contributed by atoms with Gasteiger partial charge in [0.2, 0.25) is 0 Å². The fourth-order valence-corrected chi connectivity index (χ4v) is 0.900. The minimum absolute atomic E-state index is 0.00575. The van der Waals surface area contributed by atoms with Crippen LogP contribution in [0.2, 0.25) is 0 Å². The molecule has 0 aliphatic rings. The predicted octanol–water partition coefficient (Wildman–Crippen LogP) is -0.0365. The molecule has 84 valence electrons. The summed E-state index contributed by atoms with van der Waals surface area (Å²) >= 11 is 0. The number of ether oxygens (including phenoxy) is 3. The molecule has 0 aromatic rings. The number of aliphatic hydroxyl groups is 1.